The Hall–Kier alpha value is -0.780. The highest BCUT2D eigenvalue weighted by Crippen LogP contribution is 2.25. The van der Waals surface area contributed by atoms with Crippen molar-refractivity contribution >= 4 is 34.2 Å². The van der Waals surface area contributed by atoms with Gasteiger partial charge in [0.1, 0.15) is 5.75 Å². The third kappa shape index (κ3) is 4.36. The molecular weight excluding hydrogens is 387 g/mol. The summed E-state index contributed by atoms with van der Waals surface area (Å²) in [6, 6.07) is 15.7. The zero-order valence-electron chi connectivity index (χ0n) is 11.2. The highest BCUT2D eigenvalue weighted by Gasteiger charge is 2.11. The first-order chi connectivity index (χ1) is 9.72. The van der Waals surface area contributed by atoms with Crippen molar-refractivity contribution in [2.75, 3.05) is 11.5 Å². The van der Waals surface area contributed by atoms with Gasteiger partial charge in [-0.05, 0) is 35.4 Å². The molecule has 20 heavy (non-hydrogen) atoms. The maximum atomic E-state index is 6.00. The van der Waals surface area contributed by atoms with Gasteiger partial charge in [-0.25, -0.2) is 0 Å². The topological polar surface area (TPSA) is 18.5 Å². The van der Waals surface area contributed by atoms with Crippen molar-refractivity contribution in [2.45, 2.75) is 12.7 Å². The van der Waals surface area contributed by atoms with Crippen LogP contribution >= 0.6 is 34.2 Å². The van der Waals surface area contributed by atoms with E-state index in [9.17, 15) is 0 Å². The predicted molar refractivity (Wildman–Crippen MR) is 90.9 cm³/mol. The fraction of sp³-hybridized carbons (Fsp3) is 0.250. The first-order valence-electron chi connectivity index (χ1n) is 6.29. The molecule has 1 unspecified atom stereocenters. The molecule has 106 valence electrons. The van der Waals surface area contributed by atoms with Crippen LogP contribution in [-0.4, -0.2) is 11.5 Å². The van der Waals surface area contributed by atoms with Crippen LogP contribution in [0.4, 0.5) is 0 Å². The minimum atomic E-state index is 0.0460. The Morgan fingerprint density at radius 3 is 2.65 bits per heavy atom. The van der Waals surface area contributed by atoms with Crippen molar-refractivity contribution in [1.29, 1.82) is 0 Å². The summed E-state index contributed by atoms with van der Waals surface area (Å²) < 4.78 is 12.1. The minimum Gasteiger partial charge on any atom is -0.497 e. The van der Waals surface area contributed by atoms with Crippen LogP contribution in [0.2, 0.25) is 5.02 Å². The molecule has 2 aromatic rings. The molecule has 2 rings (SSSR count). The van der Waals surface area contributed by atoms with E-state index in [0.717, 1.165) is 26.3 Å². The largest absolute Gasteiger partial charge is 0.497 e. The fourth-order valence-electron chi connectivity index (χ4n) is 1.90. The van der Waals surface area contributed by atoms with E-state index < -0.39 is 0 Å². The number of hydrogen-bond donors (Lipinski definition) is 0. The monoisotopic (exact) mass is 402 g/mol. The van der Waals surface area contributed by atoms with Gasteiger partial charge in [0.05, 0.1) is 19.8 Å². The average molecular weight is 403 g/mol. The van der Waals surface area contributed by atoms with Crippen molar-refractivity contribution in [3.8, 4) is 5.75 Å². The summed E-state index contributed by atoms with van der Waals surface area (Å²) in [5, 5.41) is 0.735. The van der Waals surface area contributed by atoms with Crippen LogP contribution < -0.4 is 4.74 Å². The summed E-state index contributed by atoms with van der Waals surface area (Å²) in [6.45, 7) is 0.547. The molecule has 2 aromatic carbocycles. The molecule has 4 heteroatoms. The number of alkyl halides is 1. The molecule has 0 saturated heterocycles. The van der Waals surface area contributed by atoms with Crippen LogP contribution in [0.3, 0.4) is 0 Å². The van der Waals surface area contributed by atoms with Crippen LogP contribution in [0, 0.1) is 0 Å². The highest BCUT2D eigenvalue weighted by molar-refractivity contribution is 14.1. The molecule has 0 radical (unpaired) electrons. The van der Waals surface area contributed by atoms with E-state index in [-0.39, 0.29) is 6.10 Å². The number of halogens is 2. The fourth-order valence-corrected chi connectivity index (χ4v) is 2.87. The van der Waals surface area contributed by atoms with E-state index in [1.807, 2.05) is 42.5 Å². The second-order valence-corrected chi connectivity index (χ2v) is 5.68. The Bertz CT molecular complexity index is 560. The number of rotatable bonds is 6. The third-order valence-electron chi connectivity index (χ3n) is 2.95. The van der Waals surface area contributed by atoms with E-state index in [0.29, 0.717) is 6.61 Å². The molecule has 0 bridgehead atoms. The van der Waals surface area contributed by atoms with Crippen LogP contribution in [0.25, 0.3) is 0 Å². The first-order valence-corrected chi connectivity index (χ1v) is 8.19. The summed E-state index contributed by atoms with van der Waals surface area (Å²) in [6.07, 6.45) is 0.0460. The van der Waals surface area contributed by atoms with Gasteiger partial charge in [-0.2, -0.15) is 0 Å². The molecule has 0 heterocycles. The highest BCUT2D eigenvalue weighted by atomic mass is 127. The Kier molecular flexibility index (Phi) is 6.13. The van der Waals surface area contributed by atoms with E-state index in [1.165, 1.54) is 0 Å². The summed E-state index contributed by atoms with van der Waals surface area (Å²) in [4.78, 5) is 0. The van der Waals surface area contributed by atoms with Crippen LogP contribution in [0.15, 0.2) is 48.5 Å². The number of benzene rings is 2. The molecule has 0 aliphatic heterocycles. The lowest BCUT2D eigenvalue weighted by molar-refractivity contribution is 0.0576. The standard InChI is InChI=1S/C16H16ClIO2/c1-19-15-7-3-5-13(9-15)16(10-18)20-11-12-4-2-6-14(17)8-12/h2-9,16H,10-11H2,1H3. The van der Waals surface area contributed by atoms with E-state index in [4.69, 9.17) is 21.1 Å². The molecule has 0 amide bonds. The quantitative estimate of drug-likeness (QED) is 0.498. The predicted octanol–water partition coefficient (Wildman–Crippen LogP) is 5.04. The smallest absolute Gasteiger partial charge is 0.119 e. The van der Waals surface area contributed by atoms with E-state index in [2.05, 4.69) is 28.7 Å². The van der Waals surface area contributed by atoms with Crippen molar-refractivity contribution in [3.63, 3.8) is 0 Å². The van der Waals surface area contributed by atoms with Crippen molar-refractivity contribution < 1.29 is 9.47 Å². The van der Waals surface area contributed by atoms with Gasteiger partial charge in [0.15, 0.2) is 0 Å². The maximum absolute atomic E-state index is 6.00. The summed E-state index contributed by atoms with van der Waals surface area (Å²) in [7, 11) is 1.67. The van der Waals surface area contributed by atoms with Crippen LogP contribution in [0.1, 0.15) is 17.2 Å². The SMILES string of the molecule is COc1cccc(C(CI)OCc2cccc(Cl)c2)c1. The van der Waals surface area contributed by atoms with Gasteiger partial charge < -0.3 is 9.47 Å². The number of ether oxygens (including phenoxy) is 2. The molecule has 0 aliphatic carbocycles. The molecular formula is C16H16ClIO2. The molecule has 0 spiro atoms. The van der Waals surface area contributed by atoms with Gasteiger partial charge >= 0.3 is 0 Å². The lowest BCUT2D eigenvalue weighted by atomic mass is 10.1. The van der Waals surface area contributed by atoms with Crippen LogP contribution in [0.5, 0.6) is 5.75 Å². The maximum Gasteiger partial charge on any atom is 0.119 e. The molecule has 0 fully saturated rings. The first kappa shape index (κ1) is 15.6. The molecule has 0 aliphatic rings. The average Bonchev–Trinajstić information content (AvgIpc) is 2.48. The molecule has 0 N–H and O–H groups in total. The minimum absolute atomic E-state index is 0.0460. The second kappa shape index (κ2) is 7.86. The Morgan fingerprint density at radius 2 is 1.95 bits per heavy atom. The lowest BCUT2D eigenvalue weighted by Crippen LogP contribution is -2.06. The summed E-state index contributed by atoms with van der Waals surface area (Å²) in [5.41, 5.74) is 2.20. The zero-order valence-corrected chi connectivity index (χ0v) is 14.1. The van der Waals surface area contributed by atoms with Gasteiger partial charge in [-0.15, -0.1) is 0 Å². The molecule has 1 atom stereocenters. The van der Waals surface area contributed by atoms with Gasteiger partial charge in [0.25, 0.3) is 0 Å². The zero-order chi connectivity index (χ0) is 14.4. The van der Waals surface area contributed by atoms with E-state index >= 15 is 0 Å². The van der Waals surface area contributed by atoms with Crippen molar-refractivity contribution in [2.24, 2.45) is 0 Å². The van der Waals surface area contributed by atoms with Gasteiger partial charge in [0, 0.05) is 9.45 Å². The van der Waals surface area contributed by atoms with Crippen molar-refractivity contribution in [3.05, 3.63) is 64.7 Å². The summed E-state index contributed by atoms with van der Waals surface area (Å²) >= 11 is 8.31. The van der Waals surface area contributed by atoms with Crippen molar-refractivity contribution in [1.82, 2.24) is 0 Å². The molecule has 2 nitrogen and oxygen atoms in total. The van der Waals surface area contributed by atoms with Gasteiger partial charge in [0.2, 0.25) is 0 Å². The molecule has 0 aromatic heterocycles. The normalized spacial score (nSPS) is 12.2. The number of hydrogen-bond acceptors (Lipinski definition) is 2. The molecule has 0 saturated carbocycles. The summed E-state index contributed by atoms with van der Waals surface area (Å²) in [5.74, 6) is 0.851. The third-order valence-corrected chi connectivity index (χ3v) is 3.98. The Balaban J connectivity index is 2.05. The second-order valence-electron chi connectivity index (χ2n) is 4.36. The van der Waals surface area contributed by atoms with Crippen LogP contribution in [-0.2, 0) is 11.3 Å². The number of methoxy groups -OCH3 is 1. The van der Waals surface area contributed by atoms with E-state index in [1.54, 1.807) is 7.11 Å². The Labute approximate surface area is 138 Å². The van der Waals surface area contributed by atoms with Gasteiger partial charge in [-0.1, -0.05) is 58.5 Å². The lowest BCUT2D eigenvalue weighted by Gasteiger charge is -2.17. The van der Waals surface area contributed by atoms with Gasteiger partial charge in [-0.3, -0.25) is 0 Å². The Morgan fingerprint density at radius 1 is 1.15 bits per heavy atom.